The molecule has 2 atom stereocenters. The normalized spacial score (nSPS) is 20.3. The van der Waals surface area contributed by atoms with Gasteiger partial charge in [0.15, 0.2) is 0 Å². The third-order valence-electron chi connectivity index (χ3n) is 3.01. The standard InChI is InChI=1S/C14H28N2O4/c1-11(2)6-16-14(18)8-15-7-12(17)9-19-10-13-4-3-5-20-13/h11-13,15,17H,3-10H2,1-2H3,(H,16,18). The molecule has 1 rings (SSSR count). The maximum Gasteiger partial charge on any atom is 0.233 e. The van der Waals surface area contributed by atoms with Gasteiger partial charge in [0.2, 0.25) is 5.91 Å². The lowest BCUT2D eigenvalue weighted by Gasteiger charge is -2.14. The monoisotopic (exact) mass is 288 g/mol. The van der Waals surface area contributed by atoms with Crippen molar-refractivity contribution in [2.75, 3.05) is 39.5 Å². The molecule has 20 heavy (non-hydrogen) atoms. The van der Waals surface area contributed by atoms with E-state index in [9.17, 15) is 9.90 Å². The average Bonchev–Trinajstić information content (AvgIpc) is 2.89. The molecule has 0 aliphatic carbocycles. The molecule has 0 aromatic heterocycles. The number of aliphatic hydroxyl groups excluding tert-OH is 1. The summed E-state index contributed by atoms with van der Waals surface area (Å²) in [7, 11) is 0. The lowest BCUT2D eigenvalue weighted by Crippen LogP contribution is -2.39. The molecule has 6 heteroatoms. The van der Waals surface area contributed by atoms with Crippen LogP contribution in [0.1, 0.15) is 26.7 Å². The summed E-state index contributed by atoms with van der Waals surface area (Å²) in [5.41, 5.74) is 0. The van der Waals surface area contributed by atoms with Gasteiger partial charge < -0.3 is 25.2 Å². The van der Waals surface area contributed by atoms with Crippen LogP contribution in [0.3, 0.4) is 0 Å². The zero-order chi connectivity index (χ0) is 14.8. The van der Waals surface area contributed by atoms with E-state index in [1.165, 1.54) is 0 Å². The highest BCUT2D eigenvalue weighted by Gasteiger charge is 2.16. The van der Waals surface area contributed by atoms with Gasteiger partial charge in [0, 0.05) is 19.7 Å². The Morgan fingerprint density at radius 2 is 2.25 bits per heavy atom. The fourth-order valence-electron chi connectivity index (χ4n) is 1.90. The molecule has 0 radical (unpaired) electrons. The molecule has 1 heterocycles. The predicted molar refractivity (Wildman–Crippen MR) is 76.5 cm³/mol. The van der Waals surface area contributed by atoms with E-state index in [0.29, 0.717) is 25.6 Å². The van der Waals surface area contributed by atoms with Gasteiger partial charge in [0.05, 0.1) is 32.0 Å². The Hall–Kier alpha value is -0.690. The van der Waals surface area contributed by atoms with Gasteiger partial charge in [-0.3, -0.25) is 4.79 Å². The highest BCUT2D eigenvalue weighted by molar-refractivity contribution is 5.77. The maximum absolute atomic E-state index is 11.4. The molecule has 2 unspecified atom stereocenters. The third-order valence-corrected chi connectivity index (χ3v) is 3.01. The van der Waals surface area contributed by atoms with E-state index in [4.69, 9.17) is 9.47 Å². The van der Waals surface area contributed by atoms with Gasteiger partial charge in [-0.2, -0.15) is 0 Å². The minimum absolute atomic E-state index is 0.0498. The molecule has 6 nitrogen and oxygen atoms in total. The summed E-state index contributed by atoms with van der Waals surface area (Å²) in [6.07, 6.45) is 1.69. The van der Waals surface area contributed by atoms with Gasteiger partial charge in [-0.15, -0.1) is 0 Å². The Morgan fingerprint density at radius 1 is 1.45 bits per heavy atom. The summed E-state index contributed by atoms with van der Waals surface area (Å²) in [5.74, 6) is 0.391. The minimum atomic E-state index is -0.602. The molecule has 1 aliphatic rings. The number of carbonyl (C=O) groups is 1. The second-order valence-electron chi connectivity index (χ2n) is 5.66. The van der Waals surface area contributed by atoms with Crippen molar-refractivity contribution in [1.82, 2.24) is 10.6 Å². The van der Waals surface area contributed by atoms with Crippen LogP contribution in [0, 0.1) is 5.92 Å². The second-order valence-corrected chi connectivity index (χ2v) is 5.66. The van der Waals surface area contributed by atoms with Crippen molar-refractivity contribution < 1.29 is 19.4 Å². The maximum atomic E-state index is 11.4. The first-order valence-corrected chi connectivity index (χ1v) is 7.42. The van der Waals surface area contributed by atoms with E-state index < -0.39 is 6.10 Å². The Kier molecular flexibility index (Phi) is 8.77. The minimum Gasteiger partial charge on any atom is -0.389 e. The van der Waals surface area contributed by atoms with Crippen molar-refractivity contribution in [2.45, 2.75) is 38.9 Å². The van der Waals surface area contributed by atoms with Crippen molar-refractivity contribution in [3.05, 3.63) is 0 Å². The summed E-state index contributed by atoms with van der Waals surface area (Å²) >= 11 is 0. The number of nitrogens with one attached hydrogen (secondary N) is 2. The van der Waals surface area contributed by atoms with E-state index in [-0.39, 0.29) is 25.2 Å². The molecule has 1 aliphatic heterocycles. The quantitative estimate of drug-likeness (QED) is 0.523. The van der Waals surface area contributed by atoms with Gasteiger partial charge in [-0.25, -0.2) is 0 Å². The predicted octanol–water partition coefficient (Wildman–Crippen LogP) is -0.0953. The zero-order valence-corrected chi connectivity index (χ0v) is 12.6. The molecule has 0 bridgehead atoms. The fourth-order valence-corrected chi connectivity index (χ4v) is 1.90. The van der Waals surface area contributed by atoms with Crippen LogP contribution < -0.4 is 10.6 Å². The van der Waals surface area contributed by atoms with Crippen LogP contribution in [-0.4, -0.2) is 62.7 Å². The summed E-state index contributed by atoms with van der Waals surface area (Å²) < 4.78 is 10.8. The smallest absolute Gasteiger partial charge is 0.233 e. The van der Waals surface area contributed by atoms with E-state index >= 15 is 0 Å². The Bertz CT molecular complexity index is 268. The van der Waals surface area contributed by atoms with E-state index in [0.717, 1.165) is 19.4 Å². The summed E-state index contributed by atoms with van der Waals surface area (Å²) in [5, 5.41) is 15.4. The third kappa shape index (κ3) is 8.47. The van der Waals surface area contributed by atoms with Crippen LogP contribution in [0.15, 0.2) is 0 Å². The first-order chi connectivity index (χ1) is 9.58. The molecule has 118 valence electrons. The number of aliphatic hydroxyl groups is 1. The number of amides is 1. The van der Waals surface area contributed by atoms with Crippen molar-refractivity contribution in [3.63, 3.8) is 0 Å². The molecule has 0 aromatic rings. The molecule has 1 saturated heterocycles. The highest BCUT2D eigenvalue weighted by Crippen LogP contribution is 2.11. The zero-order valence-electron chi connectivity index (χ0n) is 12.6. The number of carbonyl (C=O) groups excluding carboxylic acids is 1. The van der Waals surface area contributed by atoms with Crippen LogP contribution in [0.2, 0.25) is 0 Å². The highest BCUT2D eigenvalue weighted by atomic mass is 16.5. The topological polar surface area (TPSA) is 79.8 Å². The van der Waals surface area contributed by atoms with Gasteiger partial charge in [-0.1, -0.05) is 13.8 Å². The van der Waals surface area contributed by atoms with Gasteiger partial charge in [-0.05, 0) is 18.8 Å². The van der Waals surface area contributed by atoms with Crippen molar-refractivity contribution in [2.24, 2.45) is 5.92 Å². The first kappa shape index (κ1) is 17.4. The van der Waals surface area contributed by atoms with Crippen LogP contribution in [-0.2, 0) is 14.3 Å². The molecule has 0 aromatic carbocycles. The van der Waals surface area contributed by atoms with Crippen LogP contribution in [0.4, 0.5) is 0 Å². The largest absolute Gasteiger partial charge is 0.389 e. The molecule has 1 amide bonds. The van der Waals surface area contributed by atoms with Crippen molar-refractivity contribution in [1.29, 1.82) is 0 Å². The van der Waals surface area contributed by atoms with Crippen LogP contribution >= 0.6 is 0 Å². The average molecular weight is 288 g/mol. The molecule has 0 spiro atoms. The van der Waals surface area contributed by atoms with Crippen molar-refractivity contribution >= 4 is 5.91 Å². The molecular formula is C14H28N2O4. The van der Waals surface area contributed by atoms with E-state index in [1.807, 2.05) is 13.8 Å². The number of rotatable bonds is 10. The lowest BCUT2D eigenvalue weighted by atomic mass is 10.2. The van der Waals surface area contributed by atoms with E-state index in [2.05, 4.69) is 10.6 Å². The molecule has 3 N–H and O–H groups in total. The number of ether oxygens (including phenoxy) is 2. The number of hydrogen-bond acceptors (Lipinski definition) is 5. The van der Waals surface area contributed by atoms with Crippen molar-refractivity contribution in [3.8, 4) is 0 Å². The lowest BCUT2D eigenvalue weighted by molar-refractivity contribution is -0.120. The van der Waals surface area contributed by atoms with Crippen LogP contribution in [0.25, 0.3) is 0 Å². The fraction of sp³-hybridized carbons (Fsp3) is 0.929. The second kappa shape index (κ2) is 10.1. The Balaban J connectivity index is 1.93. The van der Waals surface area contributed by atoms with E-state index in [1.54, 1.807) is 0 Å². The summed E-state index contributed by atoms with van der Waals surface area (Å²) in [4.78, 5) is 11.4. The summed E-state index contributed by atoms with van der Waals surface area (Å²) in [6, 6.07) is 0. The Labute approximate surface area is 121 Å². The number of hydrogen-bond donors (Lipinski definition) is 3. The Morgan fingerprint density at radius 3 is 2.90 bits per heavy atom. The molecular weight excluding hydrogens is 260 g/mol. The van der Waals surface area contributed by atoms with Crippen LogP contribution in [0.5, 0.6) is 0 Å². The van der Waals surface area contributed by atoms with Gasteiger partial charge in [0.1, 0.15) is 0 Å². The first-order valence-electron chi connectivity index (χ1n) is 7.42. The molecule has 0 saturated carbocycles. The van der Waals surface area contributed by atoms with Gasteiger partial charge in [0.25, 0.3) is 0 Å². The molecule has 1 fully saturated rings. The SMILES string of the molecule is CC(C)CNC(=O)CNCC(O)COCC1CCCO1. The summed E-state index contributed by atoms with van der Waals surface area (Å²) in [6.45, 7) is 6.94. The van der Waals surface area contributed by atoms with Gasteiger partial charge >= 0.3 is 0 Å².